The molecule has 3 unspecified atom stereocenters. The number of hydrogen-bond donors (Lipinski definition) is 8. The molecule has 0 radical (unpaired) electrons. The van der Waals surface area contributed by atoms with Crippen molar-refractivity contribution in [1.29, 1.82) is 0 Å². The third kappa shape index (κ3) is 10.6. The number of aromatic nitrogens is 2. The quantitative estimate of drug-likeness (QED) is 0.118. The van der Waals surface area contributed by atoms with Crippen LogP contribution in [0.25, 0.3) is 0 Å². The smallest absolute Gasteiger partial charge is 0.326 e. The Balaban J connectivity index is 2.99. The zero-order valence-corrected chi connectivity index (χ0v) is 18.1. The lowest BCUT2D eigenvalue weighted by atomic mass is 10.1. The number of hydrogen-bond acceptors (Lipinski definition) is 8. The van der Waals surface area contributed by atoms with Crippen molar-refractivity contribution in [3.63, 3.8) is 0 Å². The van der Waals surface area contributed by atoms with Gasteiger partial charge < -0.3 is 42.6 Å². The van der Waals surface area contributed by atoms with E-state index in [1.165, 1.54) is 12.5 Å². The number of unbranched alkanes of at least 4 members (excludes halogenated alkanes) is 1. The molecule has 0 saturated carbocycles. The molecule has 0 aliphatic heterocycles. The Morgan fingerprint density at radius 3 is 2.15 bits per heavy atom. The van der Waals surface area contributed by atoms with Gasteiger partial charge in [0, 0.05) is 24.7 Å². The number of H-pyrrole nitrogens is 1. The van der Waals surface area contributed by atoms with Gasteiger partial charge in [0.25, 0.3) is 0 Å². The fourth-order valence-electron chi connectivity index (χ4n) is 2.91. The van der Waals surface area contributed by atoms with E-state index in [2.05, 4.69) is 25.9 Å². The Kier molecular flexibility index (Phi) is 12.1. The van der Waals surface area contributed by atoms with Gasteiger partial charge in [-0.15, -0.1) is 0 Å². The van der Waals surface area contributed by atoms with E-state index in [1.54, 1.807) is 0 Å². The van der Waals surface area contributed by atoms with Crippen LogP contribution in [-0.4, -0.2) is 81.1 Å². The standard InChI is InChI=1S/C19H31N7O7/c20-6-2-1-3-13(19(32)33)25-18(31)14(7-11-9-22-10-23-11)26-17(30)12(4-5-16(28)29)24-15(27)8-21/h9-10,12-14H,1-8,20-21H2,(H,22,23)(H,24,27)(H,25,31)(H,26,30)(H,28,29)(H,32,33). The lowest BCUT2D eigenvalue weighted by Crippen LogP contribution is -2.57. The Morgan fingerprint density at radius 1 is 0.939 bits per heavy atom. The van der Waals surface area contributed by atoms with Crippen molar-refractivity contribution in [2.75, 3.05) is 13.1 Å². The van der Waals surface area contributed by atoms with Gasteiger partial charge in [0.05, 0.1) is 12.9 Å². The summed E-state index contributed by atoms with van der Waals surface area (Å²) in [5.41, 5.74) is 11.2. The van der Waals surface area contributed by atoms with Crippen LogP contribution in [0.4, 0.5) is 0 Å². The van der Waals surface area contributed by atoms with Crippen LogP contribution >= 0.6 is 0 Å². The van der Waals surface area contributed by atoms with Gasteiger partial charge in [0.15, 0.2) is 0 Å². The zero-order chi connectivity index (χ0) is 24.8. The van der Waals surface area contributed by atoms with E-state index in [9.17, 15) is 29.1 Å². The van der Waals surface area contributed by atoms with Crippen LogP contribution in [0.1, 0.15) is 37.8 Å². The Bertz CT molecular complexity index is 800. The Morgan fingerprint density at radius 2 is 1.61 bits per heavy atom. The molecule has 3 amide bonds. The molecule has 0 saturated heterocycles. The van der Waals surface area contributed by atoms with Crippen molar-refractivity contribution in [3.8, 4) is 0 Å². The summed E-state index contributed by atoms with van der Waals surface area (Å²) in [6, 6.07) is -3.67. The summed E-state index contributed by atoms with van der Waals surface area (Å²) in [5.74, 6) is -4.67. The minimum Gasteiger partial charge on any atom is -0.481 e. The normalized spacial score (nSPS) is 13.4. The molecule has 0 aromatic carbocycles. The van der Waals surface area contributed by atoms with Crippen LogP contribution in [0, 0.1) is 0 Å². The highest BCUT2D eigenvalue weighted by Gasteiger charge is 2.30. The van der Waals surface area contributed by atoms with Gasteiger partial charge in [0.1, 0.15) is 18.1 Å². The van der Waals surface area contributed by atoms with Gasteiger partial charge in [-0.05, 0) is 32.2 Å². The maximum atomic E-state index is 12.9. The number of carboxylic acid groups (broad SMARTS) is 2. The first-order chi connectivity index (χ1) is 15.7. The molecule has 0 bridgehead atoms. The highest BCUT2D eigenvalue weighted by atomic mass is 16.4. The van der Waals surface area contributed by atoms with Gasteiger partial charge in [-0.1, -0.05) is 0 Å². The van der Waals surface area contributed by atoms with E-state index in [0.717, 1.165) is 0 Å². The first-order valence-electron chi connectivity index (χ1n) is 10.4. The molecule has 184 valence electrons. The van der Waals surface area contributed by atoms with E-state index in [4.69, 9.17) is 16.6 Å². The first kappa shape index (κ1) is 27.5. The van der Waals surface area contributed by atoms with Gasteiger partial charge >= 0.3 is 11.9 Å². The molecule has 0 fully saturated rings. The maximum Gasteiger partial charge on any atom is 0.326 e. The number of carbonyl (C=O) groups excluding carboxylic acids is 3. The second-order valence-corrected chi connectivity index (χ2v) is 7.28. The van der Waals surface area contributed by atoms with Gasteiger partial charge in [0.2, 0.25) is 17.7 Å². The molecule has 33 heavy (non-hydrogen) atoms. The summed E-state index contributed by atoms with van der Waals surface area (Å²) in [4.78, 5) is 66.4. The molecule has 14 heteroatoms. The average molecular weight is 469 g/mol. The third-order valence-corrected chi connectivity index (χ3v) is 4.66. The van der Waals surface area contributed by atoms with Crippen LogP contribution in [0.3, 0.4) is 0 Å². The molecular formula is C19H31N7O7. The number of aromatic amines is 1. The van der Waals surface area contributed by atoms with Crippen molar-refractivity contribution in [3.05, 3.63) is 18.2 Å². The number of aliphatic carboxylic acids is 2. The number of nitrogens with one attached hydrogen (secondary N) is 4. The molecule has 0 aliphatic carbocycles. The largest absolute Gasteiger partial charge is 0.481 e. The van der Waals surface area contributed by atoms with Gasteiger partial charge in [-0.25, -0.2) is 9.78 Å². The fourth-order valence-corrected chi connectivity index (χ4v) is 2.91. The number of amides is 3. The summed E-state index contributed by atoms with van der Waals surface area (Å²) in [6.07, 6.45) is 3.31. The van der Waals surface area contributed by atoms with E-state index in [1.807, 2.05) is 0 Å². The number of imidazole rings is 1. The van der Waals surface area contributed by atoms with Crippen LogP contribution in [0.2, 0.25) is 0 Å². The maximum absolute atomic E-state index is 12.9. The number of carbonyl (C=O) groups is 5. The number of rotatable bonds is 16. The van der Waals surface area contributed by atoms with Crippen LogP contribution < -0.4 is 27.4 Å². The number of nitrogens with zero attached hydrogens (tertiary/aromatic N) is 1. The zero-order valence-electron chi connectivity index (χ0n) is 18.1. The van der Waals surface area contributed by atoms with Crippen molar-refractivity contribution in [1.82, 2.24) is 25.9 Å². The topological polar surface area (TPSA) is 243 Å². The van der Waals surface area contributed by atoms with E-state index < -0.39 is 60.8 Å². The molecule has 3 atom stereocenters. The minimum absolute atomic E-state index is 0.0524. The van der Waals surface area contributed by atoms with Crippen LogP contribution in [0.15, 0.2) is 12.5 Å². The first-order valence-corrected chi connectivity index (χ1v) is 10.4. The number of carboxylic acids is 2. The van der Waals surface area contributed by atoms with Crippen LogP contribution in [0.5, 0.6) is 0 Å². The SMILES string of the molecule is NCCCCC(NC(=O)C(Cc1cnc[nH]1)NC(=O)C(CCC(=O)O)NC(=O)CN)C(=O)O. The lowest BCUT2D eigenvalue weighted by Gasteiger charge is -2.24. The summed E-state index contributed by atoms with van der Waals surface area (Å²) < 4.78 is 0. The average Bonchev–Trinajstić information content (AvgIpc) is 3.28. The second-order valence-electron chi connectivity index (χ2n) is 7.28. The molecule has 1 rings (SSSR count). The third-order valence-electron chi connectivity index (χ3n) is 4.66. The molecule has 1 aromatic heterocycles. The Labute approximate surface area is 189 Å². The second kappa shape index (κ2) is 14.5. The van der Waals surface area contributed by atoms with Crippen molar-refractivity contribution >= 4 is 29.7 Å². The lowest BCUT2D eigenvalue weighted by molar-refractivity contribution is -0.142. The predicted molar refractivity (Wildman–Crippen MR) is 115 cm³/mol. The molecule has 1 aromatic rings. The highest BCUT2D eigenvalue weighted by Crippen LogP contribution is 2.06. The van der Waals surface area contributed by atoms with Crippen molar-refractivity contribution in [2.24, 2.45) is 11.5 Å². The molecular weight excluding hydrogens is 438 g/mol. The van der Waals surface area contributed by atoms with E-state index in [0.29, 0.717) is 25.1 Å². The summed E-state index contributed by atoms with van der Waals surface area (Å²) >= 11 is 0. The van der Waals surface area contributed by atoms with E-state index in [-0.39, 0.29) is 19.3 Å². The highest BCUT2D eigenvalue weighted by molar-refractivity contribution is 5.93. The minimum atomic E-state index is -1.26. The van der Waals surface area contributed by atoms with E-state index >= 15 is 0 Å². The van der Waals surface area contributed by atoms with Crippen LogP contribution in [-0.2, 0) is 30.4 Å². The summed E-state index contributed by atoms with van der Waals surface area (Å²) in [7, 11) is 0. The van der Waals surface area contributed by atoms with Gasteiger partial charge in [-0.3, -0.25) is 19.2 Å². The summed E-state index contributed by atoms with van der Waals surface area (Å²) in [5, 5.41) is 25.5. The fraction of sp³-hybridized carbons (Fsp3) is 0.579. The monoisotopic (exact) mass is 469 g/mol. The molecule has 10 N–H and O–H groups in total. The van der Waals surface area contributed by atoms with Gasteiger partial charge in [-0.2, -0.15) is 0 Å². The molecule has 1 heterocycles. The Hall–Kier alpha value is -3.52. The predicted octanol–water partition coefficient (Wildman–Crippen LogP) is -2.56. The van der Waals surface area contributed by atoms with Crippen molar-refractivity contribution in [2.45, 2.75) is 56.7 Å². The molecule has 14 nitrogen and oxygen atoms in total. The number of nitrogens with two attached hydrogens (primary N) is 2. The van der Waals surface area contributed by atoms with Crippen molar-refractivity contribution < 1.29 is 34.2 Å². The molecule has 0 spiro atoms. The molecule has 0 aliphatic rings. The summed E-state index contributed by atoms with van der Waals surface area (Å²) in [6.45, 7) is -0.0386.